The summed E-state index contributed by atoms with van der Waals surface area (Å²) in [6, 6.07) is 15.0. The number of nitrogens with zero attached hydrogens (tertiary/aromatic N) is 4. The zero-order valence-electron chi connectivity index (χ0n) is 16.6. The van der Waals surface area contributed by atoms with Crippen LogP contribution in [-0.4, -0.2) is 41.9 Å². The molecule has 148 valence electrons. The van der Waals surface area contributed by atoms with Gasteiger partial charge in [-0.25, -0.2) is 9.97 Å². The molecule has 2 aromatic carbocycles. The van der Waals surface area contributed by atoms with Crippen LogP contribution in [-0.2, 0) is 16.0 Å². The van der Waals surface area contributed by atoms with E-state index in [1.54, 1.807) is 4.90 Å². The fraction of sp³-hybridized carbons (Fsp3) is 0.273. The Balaban J connectivity index is 1.62. The zero-order valence-corrected chi connectivity index (χ0v) is 16.6. The van der Waals surface area contributed by atoms with E-state index in [1.807, 2.05) is 55.6 Å². The highest BCUT2D eigenvalue weighted by atomic mass is 16.2. The summed E-state index contributed by atoms with van der Waals surface area (Å²) in [6.45, 7) is 2.89. The summed E-state index contributed by atoms with van der Waals surface area (Å²) in [5, 5.41) is 2.73. The van der Waals surface area contributed by atoms with Crippen molar-refractivity contribution in [3.63, 3.8) is 0 Å². The molecular formula is C22H23N5O2. The van der Waals surface area contributed by atoms with E-state index in [1.165, 1.54) is 6.92 Å². The van der Waals surface area contributed by atoms with Crippen LogP contribution in [0.3, 0.4) is 0 Å². The van der Waals surface area contributed by atoms with Gasteiger partial charge in [-0.2, -0.15) is 0 Å². The fourth-order valence-corrected chi connectivity index (χ4v) is 3.52. The summed E-state index contributed by atoms with van der Waals surface area (Å²) in [5.74, 6) is 1.21. The number of aromatic nitrogens is 2. The van der Waals surface area contributed by atoms with Crippen molar-refractivity contribution in [3.05, 3.63) is 54.1 Å². The summed E-state index contributed by atoms with van der Waals surface area (Å²) in [7, 11) is 1.98. The standard InChI is InChI=1S/C22H23N5O2/c1-15(28)23-17-10-8-16(9-11-17)14-20(29)27-13-5-12-26(2)21-22(27)25-19-7-4-3-6-18(19)24-21/h3-4,6-11H,5,12-14H2,1-2H3,(H,23,28). The Bertz CT molecular complexity index is 1060. The van der Waals surface area contributed by atoms with E-state index in [2.05, 4.69) is 10.2 Å². The molecule has 7 heteroatoms. The lowest BCUT2D eigenvalue weighted by atomic mass is 10.1. The summed E-state index contributed by atoms with van der Waals surface area (Å²) in [5.41, 5.74) is 3.20. The first-order chi connectivity index (χ1) is 14.0. The van der Waals surface area contributed by atoms with Gasteiger partial charge >= 0.3 is 0 Å². The van der Waals surface area contributed by atoms with Crippen LogP contribution >= 0.6 is 0 Å². The number of nitrogens with one attached hydrogen (secondary N) is 1. The second-order valence-corrected chi connectivity index (χ2v) is 7.23. The summed E-state index contributed by atoms with van der Waals surface area (Å²) in [4.78, 5) is 37.7. The van der Waals surface area contributed by atoms with Gasteiger partial charge in [-0.1, -0.05) is 24.3 Å². The van der Waals surface area contributed by atoms with Crippen molar-refractivity contribution in [1.82, 2.24) is 9.97 Å². The average Bonchev–Trinajstić information content (AvgIpc) is 2.86. The van der Waals surface area contributed by atoms with Gasteiger partial charge in [0.2, 0.25) is 11.8 Å². The molecule has 3 aromatic rings. The van der Waals surface area contributed by atoms with E-state index in [0.29, 0.717) is 18.1 Å². The van der Waals surface area contributed by atoms with Crippen LogP contribution in [0.25, 0.3) is 11.0 Å². The van der Waals surface area contributed by atoms with Gasteiger partial charge < -0.3 is 10.2 Å². The third-order valence-electron chi connectivity index (χ3n) is 4.96. The van der Waals surface area contributed by atoms with E-state index in [4.69, 9.17) is 9.97 Å². The Hall–Kier alpha value is -3.48. The second-order valence-electron chi connectivity index (χ2n) is 7.23. The second kappa shape index (κ2) is 7.87. The summed E-state index contributed by atoms with van der Waals surface area (Å²) < 4.78 is 0. The minimum atomic E-state index is -0.120. The third kappa shape index (κ3) is 4.03. The number of carbonyl (C=O) groups excluding carboxylic acids is 2. The summed E-state index contributed by atoms with van der Waals surface area (Å²) in [6.07, 6.45) is 1.11. The predicted octanol–water partition coefficient (Wildman–Crippen LogP) is 3.00. The molecule has 0 aliphatic carbocycles. The molecule has 2 heterocycles. The van der Waals surface area contributed by atoms with Gasteiger partial charge in [-0.05, 0) is 36.2 Å². The number of rotatable bonds is 3. The first kappa shape index (κ1) is 18.9. The average molecular weight is 389 g/mol. The Morgan fingerprint density at radius 3 is 2.28 bits per heavy atom. The molecule has 1 aliphatic heterocycles. The minimum Gasteiger partial charge on any atom is -0.357 e. The van der Waals surface area contributed by atoms with Gasteiger partial charge in [0.1, 0.15) is 0 Å². The quantitative estimate of drug-likeness (QED) is 0.745. The van der Waals surface area contributed by atoms with Gasteiger partial charge in [-0.3, -0.25) is 14.5 Å². The van der Waals surface area contributed by atoms with Crippen molar-refractivity contribution in [1.29, 1.82) is 0 Å². The number of carbonyl (C=O) groups is 2. The van der Waals surface area contributed by atoms with E-state index in [0.717, 1.165) is 35.4 Å². The minimum absolute atomic E-state index is 0.0154. The Labute approximate surface area is 169 Å². The fourth-order valence-electron chi connectivity index (χ4n) is 3.52. The maximum atomic E-state index is 13.2. The Morgan fingerprint density at radius 2 is 1.62 bits per heavy atom. The number of hydrogen-bond donors (Lipinski definition) is 1. The smallest absolute Gasteiger partial charge is 0.232 e. The monoisotopic (exact) mass is 389 g/mol. The van der Waals surface area contributed by atoms with Crippen molar-refractivity contribution in [2.45, 2.75) is 19.8 Å². The van der Waals surface area contributed by atoms with Gasteiger partial charge in [0.25, 0.3) is 0 Å². The number of hydrogen-bond acceptors (Lipinski definition) is 5. The van der Waals surface area contributed by atoms with Crippen LogP contribution in [0.5, 0.6) is 0 Å². The molecule has 0 fully saturated rings. The molecule has 1 aliphatic rings. The number of fused-ring (bicyclic) bond motifs is 2. The van der Waals surface area contributed by atoms with E-state index < -0.39 is 0 Å². The van der Waals surface area contributed by atoms with Crippen molar-refractivity contribution in [2.24, 2.45) is 0 Å². The molecule has 4 rings (SSSR count). The van der Waals surface area contributed by atoms with Gasteiger partial charge in [0, 0.05) is 32.7 Å². The van der Waals surface area contributed by atoms with E-state index >= 15 is 0 Å². The van der Waals surface area contributed by atoms with Crippen molar-refractivity contribution in [2.75, 3.05) is 35.3 Å². The van der Waals surface area contributed by atoms with Crippen LogP contribution in [0.4, 0.5) is 17.3 Å². The number of amides is 2. The molecule has 0 unspecified atom stereocenters. The normalized spacial score (nSPS) is 13.7. The highest BCUT2D eigenvalue weighted by molar-refractivity contribution is 5.98. The first-order valence-corrected chi connectivity index (χ1v) is 9.66. The van der Waals surface area contributed by atoms with Gasteiger partial charge in [0.05, 0.1) is 17.5 Å². The molecule has 0 spiro atoms. The maximum absolute atomic E-state index is 13.2. The molecule has 1 N–H and O–H groups in total. The molecule has 0 atom stereocenters. The summed E-state index contributed by atoms with van der Waals surface area (Å²) >= 11 is 0. The molecule has 0 radical (unpaired) electrons. The number of anilines is 3. The molecule has 0 bridgehead atoms. The largest absolute Gasteiger partial charge is 0.357 e. The lowest BCUT2D eigenvalue weighted by molar-refractivity contribution is -0.118. The van der Waals surface area contributed by atoms with Gasteiger partial charge in [-0.15, -0.1) is 0 Å². The predicted molar refractivity (Wildman–Crippen MR) is 114 cm³/mol. The van der Waals surface area contributed by atoms with E-state index in [-0.39, 0.29) is 18.2 Å². The molecule has 0 saturated carbocycles. The van der Waals surface area contributed by atoms with Crippen LogP contribution < -0.4 is 15.1 Å². The van der Waals surface area contributed by atoms with Crippen LogP contribution in [0.2, 0.25) is 0 Å². The Kier molecular flexibility index (Phi) is 5.12. The molecule has 7 nitrogen and oxygen atoms in total. The van der Waals surface area contributed by atoms with Crippen molar-refractivity contribution < 1.29 is 9.59 Å². The van der Waals surface area contributed by atoms with Crippen molar-refractivity contribution >= 4 is 40.2 Å². The molecule has 0 saturated heterocycles. The number of para-hydroxylation sites is 2. The van der Waals surface area contributed by atoms with E-state index in [9.17, 15) is 9.59 Å². The van der Waals surface area contributed by atoms with Crippen LogP contribution in [0.15, 0.2) is 48.5 Å². The first-order valence-electron chi connectivity index (χ1n) is 9.66. The maximum Gasteiger partial charge on any atom is 0.232 e. The zero-order chi connectivity index (χ0) is 20.4. The molecule has 2 amide bonds. The lowest BCUT2D eigenvalue weighted by Gasteiger charge is -2.23. The lowest BCUT2D eigenvalue weighted by Crippen LogP contribution is -2.33. The SMILES string of the molecule is CC(=O)Nc1ccc(CC(=O)N2CCCN(C)c3nc4ccccc4nc32)cc1. The number of benzene rings is 2. The third-order valence-corrected chi connectivity index (χ3v) is 4.96. The van der Waals surface area contributed by atoms with Crippen LogP contribution in [0, 0.1) is 0 Å². The highest BCUT2D eigenvalue weighted by Crippen LogP contribution is 2.30. The topological polar surface area (TPSA) is 78.4 Å². The molecular weight excluding hydrogens is 366 g/mol. The highest BCUT2D eigenvalue weighted by Gasteiger charge is 2.26. The molecule has 29 heavy (non-hydrogen) atoms. The molecule has 1 aromatic heterocycles. The van der Waals surface area contributed by atoms with Gasteiger partial charge in [0.15, 0.2) is 11.6 Å². The Morgan fingerprint density at radius 1 is 0.966 bits per heavy atom. The van der Waals surface area contributed by atoms with Crippen molar-refractivity contribution in [3.8, 4) is 0 Å². The van der Waals surface area contributed by atoms with Crippen LogP contribution in [0.1, 0.15) is 18.9 Å².